The summed E-state index contributed by atoms with van der Waals surface area (Å²) in [6, 6.07) is 8.75. The van der Waals surface area contributed by atoms with Crippen molar-refractivity contribution in [3.63, 3.8) is 0 Å². The van der Waals surface area contributed by atoms with E-state index < -0.39 is 0 Å². The Balaban J connectivity index is 1.84. The lowest BCUT2D eigenvalue weighted by Gasteiger charge is -2.32. The van der Waals surface area contributed by atoms with Crippen LogP contribution in [0, 0.1) is 18.3 Å². The van der Waals surface area contributed by atoms with Gasteiger partial charge in [0.05, 0.1) is 0 Å². The Hall–Kier alpha value is -1.24. The van der Waals surface area contributed by atoms with Gasteiger partial charge in [-0.15, -0.1) is 0 Å². The first kappa shape index (κ1) is 15.2. The number of nitrogens with one attached hydrogen (secondary N) is 1. The third-order valence-corrected chi connectivity index (χ3v) is 5.06. The van der Waals surface area contributed by atoms with Crippen molar-refractivity contribution in [2.24, 2.45) is 11.3 Å². The first-order valence-electron chi connectivity index (χ1n) is 8.00. The molecule has 0 heterocycles. The van der Waals surface area contributed by atoms with E-state index in [0.717, 1.165) is 24.6 Å². The molecule has 20 heavy (non-hydrogen) atoms. The molecule has 0 saturated heterocycles. The van der Waals surface area contributed by atoms with Gasteiger partial charge in [-0.3, -0.25) is 0 Å². The molecule has 2 atom stereocenters. The zero-order valence-corrected chi connectivity index (χ0v) is 13.3. The van der Waals surface area contributed by atoms with Gasteiger partial charge >= 0.3 is 0 Å². The molecule has 1 saturated carbocycles. The van der Waals surface area contributed by atoms with Crippen LogP contribution in [0.15, 0.2) is 36.5 Å². The smallest absolute Gasteiger partial charge is 0.0200 e. The van der Waals surface area contributed by atoms with E-state index in [0.29, 0.717) is 5.41 Å². The second-order valence-corrected chi connectivity index (χ2v) is 6.77. The Bertz CT molecular complexity index is 445. The maximum atomic E-state index is 4.20. The predicted octanol–water partition coefficient (Wildman–Crippen LogP) is 4.86. The average molecular weight is 271 g/mol. The van der Waals surface area contributed by atoms with Gasteiger partial charge in [0, 0.05) is 18.7 Å². The molecular weight excluding hydrogens is 242 g/mol. The van der Waals surface area contributed by atoms with Gasteiger partial charge in [-0.2, -0.15) is 0 Å². The van der Waals surface area contributed by atoms with Crippen LogP contribution in [-0.2, 0) is 6.42 Å². The first-order chi connectivity index (χ1) is 9.53. The van der Waals surface area contributed by atoms with E-state index in [1.54, 1.807) is 0 Å². The van der Waals surface area contributed by atoms with Crippen molar-refractivity contribution in [2.75, 3.05) is 6.54 Å². The molecule has 0 amide bonds. The molecule has 1 nitrogen and oxygen atoms in total. The summed E-state index contributed by atoms with van der Waals surface area (Å²) in [5.74, 6) is 0.877. The van der Waals surface area contributed by atoms with Crippen molar-refractivity contribution in [3.05, 3.63) is 47.7 Å². The molecule has 1 aliphatic carbocycles. The van der Waals surface area contributed by atoms with E-state index in [4.69, 9.17) is 0 Å². The lowest BCUT2D eigenvalue weighted by Crippen LogP contribution is -2.34. The fourth-order valence-electron chi connectivity index (χ4n) is 3.58. The highest BCUT2D eigenvalue weighted by Gasteiger charge is 2.37. The molecule has 1 aliphatic rings. The number of benzene rings is 1. The zero-order valence-electron chi connectivity index (χ0n) is 13.3. The van der Waals surface area contributed by atoms with Crippen molar-refractivity contribution in [2.45, 2.75) is 52.9 Å². The van der Waals surface area contributed by atoms with Crippen LogP contribution in [0.5, 0.6) is 0 Å². The van der Waals surface area contributed by atoms with E-state index in [-0.39, 0.29) is 0 Å². The third kappa shape index (κ3) is 3.65. The molecule has 0 bridgehead atoms. The summed E-state index contributed by atoms with van der Waals surface area (Å²) in [4.78, 5) is 0. The molecule has 1 aromatic rings. The summed E-state index contributed by atoms with van der Waals surface area (Å²) in [7, 11) is 0. The van der Waals surface area contributed by atoms with E-state index in [1.165, 1.54) is 36.8 Å². The minimum Gasteiger partial charge on any atom is -0.388 e. The molecule has 1 heteroatoms. The highest BCUT2D eigenvalue weighted by atomic mass is 14.9. The molecule has 1 fully saturated rings. The van der Waals surface area contributed by atoms with Gasteiger partial charge in [0.1, 0.15) is 0 Å². The molecule has 0 aliphatic heterocycles. The minimum absolute atomic E-state index is 0.463. The van der Waals surface area contributed by atoms with Crippen LogP contribution in [0.25, 0.3) is 0 Å². The van der Waals surface area contributed by atoms with Crippen LogP contribution < -0.4 is 5.32 Å². The Labute approximate surface area is 124 Å². The fourth-order valence-corrected chi connectivity index (χ4v) is 3.58. The first-order valence-corrected chi connectivity index (χ1v) is 8.00. The van der Waals surface area contributed by atoms with E-state index in [2.05, 4.69) is 56.9 Å². The molecule has 2 unspecified atom stereocenters. The number of hydrogen-bond donors (Lipinski definition) is 1. The molecule has 110 valence electrons. The van der Waals surface area contributed by atoms with Crippen molar-refractivity contribution < 1.29 is 0 Å². The zero-order chi connectivity index (χ0) is 14.6. The molecule has 1 aromatic carbocycles. The van der Waals surface area contributed by atoms with Gasteiger partial charge < -0.3 is 5.32 Å². The fraction of sp³-hybridized carbons (Fsp3) is 0.579. The second kappa shape index (κ2) is 6.47. The van der Waals surface area contributed by atoms with Crippen molar-refractivity contribution in [1.82, 2.24) is 5.32 Å². The highest BCUT2D eigenvalue weighted by Crippen LogP contribution is 2.44. The number of hydrogen-bond acceptors (Lipinski definition) is 1. The van der Waals surface area contributed by atoms with E-state index >= 15 is 0 Å². The summed E-state index contributed by atoms with van der Waals surface area (Å²) >= 11 is 0. The van der Waals surface area contributed by atoms with E-state index in [1.807, 2.05) is 0 Å². The van der Waals surface area contributed by atoms with Gasteiger partial charge in [0.15, 0.2) is 0 Å². The Kier molecular flexibility index (Phi) is 4.91. The predicted molar refractivity (Wildman–Crippen MR) is 87.8 cm³/mol. The number of rotatable bonds is 6. The summed E-state index contributed by atoms with van der Waals surface area (Å²) in [6.07, 6.45) is 6.40. The van der Waals surface area contributed by atoms with Crippen LogP contribution in [0.3, 0.4) is 0 Å². The SMILES string of the molecule is C=C(Cc1ccc(C)cc1)NCC1(C)CCCC1CC. The average Bonchev–Trinajstić information content (AvgIpc) is 2.81. The number of allylic oxidation sites excluding steroid dienone is 1. The van der Waals surface area contributed by atoms with Crippen LogP contribution in [-0.4, -0.2) is 6.54 Å². The molecule has 0 aromatic heterocycles. The Morgan fingerprint density at radius 1 is 1.35 bits per heavy atom. The summed E-state index contributed by atoms with van der Waals surface area (Å²) in [5, 5.41) is 3.60. The van der Waals surface area contributed by atoms with Crippen LogP contribution in [0.2, 0.25) is 0 Å². The summed E-state index contributed by atoms with van der Waals surface area (Å²) < 4.78 is 0. The summed E-state index contributed by atoms with van der Waals surface area (Å²) in [5.41, 5.74) is 4.27. The lowest BCUT2D eigenvalue weighted by molar-refractivity contribution is 0.219. The van der Waals surface area contributed by atoms with Crippen molar-refractivity contribution in [3.8, 4) is 0 Å². The largest absolute Gasteiger partial charge is 0.388 e. The third-order valence-electron chi connectivity index (χ3n) is 5.06. The topological polar surface area (TPSA) is 12.0 Å². The van der Waals surface area contributed by atoms with E-state index in [9.17, 15) is 0 Å². The molecule has 2 rings (SSSR count). The quantitative estimate of drug-likeness (QED) is 0.779. The van der Waals surface area contributed by atoms with Crippen molar-refractivity contribution >= 4 is 0 Å². The molecule has 1 N–H and O–H groups in total. The summed E-state index contributed by atoms with van der Waals surface area (Å²) in [6.45, 7) is 12.2. The maximum absolute atomic E-state index is 4.20. The van der Waals surface area contributed by atoms with Gasteiger partial charge in [-0.05, 0) is 36.7 Å². The molecular formula is C19H29N. The lowest BCUT2D eigenvalue weighted by atomic mass is 9.78. The van der Waals surface area contributed by atoms with Crippen LogP contribution in [0.1, 0.15) is 50.7 Å². The highest BCUT2D eigenvalue weighted by molar-refractivity contribution is 5.24. The van der Waals surface area contributed by atoms with Gasteiger partial charge in [-0.25, -0.2) is 0 Å². The van der Waals surface area contributed by atoms with Crippen LogP contribution in [0.4, 0.5) is 0 Å². The van der Waals surface area contributed by atoms with Crippen LogP contribution >= 0.6 is 0 Å². The molecule has 0 radical (unpaired) electrons. The standard InChI is InChI=1S/C19H29N/c1-5-18-7-6-12-19(18,4)14-20-16(3)13-17-10-8-15(2)9-11-17/h8-11,18,20H,3,5-7,12-14H2,1-2,4H3. The maximum Gasteiger partial charge on any atom is 0.0200 e. The monoisotopic (exact) mass is 271 g/mol. The normalized spacial score (nSPS) is 25.6. The Morgan fingerprint density at radius 3 is 2.70 bits per heavy atom. The Morgan fingerprint density at radius 2 is 2.05 bits per heavy atom. The van der Waals surface area contributed by atoms with Gasteiger partial charge in [0.25, 0.3) is 0 Å². The van der Waals surface area contributed by atoms with Gasteiger partial charge in [0.2, 0.25) is 0 Å². The van der Waals surface area contributed by atoms with Gasteiger partial charge in [-0.1, -0.05) is 63.1 Å². The second-order valence-electron chi connectivity index (χ2n) is 6.77. The minimum atomic E-state index is 0.463. The van der Waals surface area contributed by atoms with Crippen molar-refractivity contribution in [1.29, 1.82) is 0 Å². The number of aryl methyl sites for hydroxylation is 1. The molecule has 0 spiro atoms.